The molecule has 2 aliphatic heterocycles. The number of hydrogen-bond donors (Lipinski definition) is 1. The summed E-state index contributed by atoms with van der Waals surface area (Å²) in [4.78, 5) is 29.3. The first-order chi connectivity index (χ1) is 13.5. The van der Waals surface area contributed by atoms with E-state index in [1.165, 1.54) is 0 Å². The zero-order valence-corrected chi connectivity index (χ0v) is 16.7. The number of rotatable bonds is 3. The lowest BCUT2D eigenvalue weighted by molar-refractivity contribution is -0.131. The maximum Gasteiger partial charge on any atom is 0.255 e. The average molecular weight is 398 g/mol. The number of carbonyl (C=O) groups excluding carboxylic acids is 2. The number of amides is 2. The molecule has 6 heteroatoms. The Kier molecular flexibility index (Phi) is 5.13. The van der Waals surface area contributed by atoms with Crippen molar-refractivity contribution in [1.29, 1.82) is 0 Å². The quantitative estimate of drug-likeness (QED) is 0.866. The van der Waals surface area contributed by atoms with Gasteiger partial charge in [0.25, 0.3) is 5.91 Å². The largest absolute Gasteiger partial charge is 0.338 e. The molecule has 0 saturated carbocycles. The van der Waals surface area contributed by atoms with E-state index in [9.17, 15) is 9.59 Å². The van der Waals surface area contributed by atoms with Gasteiger partial charge in [0.1, 0.15) is 0 Å². The predicted molar refractivity (Wildman–Crippen MR) is 109 cm³/mol. The molecule has 0 bridgehead atoms. The van der Waals surface area contributed by atoms with Crippen molar-refractivity contribution in [2.45, 2.75) is 31.0 Å². The van der Waals surface area contributed by atoms with Crippen LogP contribution < -0.4 is 5.32 Å². The fourth-order valence-corrected chi connectivity index (χ4v) is 4.50. The Bertz CT molecular complexity index is 878. The maximum atomic E-state index is 12.8. The van der Waals surface area contributed by atoms with Crippen LogP contribution in [0.15, 0.2) is 54.6 Å². The highest BCUT2D eigenvalue weighted by atomic mass is 35.5. The number of piperidine rings is 1. The van der Waals surface area contributed by atoms with Crippen LogP contribution in [0.5, 0.6) is 0 Å². The van der Waals surface area contributed by atoms with Gasteiger partial charge in [-0.05, 0) is 24.1 Å². The molecule has 2 saturated heterocycles. The summed E-state index contributed by atoms with van der Waals surface area (Å²) < 4.78 is 0. The first-order valence-corrected chi connectivity index (χ1v) is 10.0. The summed E-state index contributed by atoms with van der Waals surface area (Å²) >= 11 is 6.18. The Morgan fingerprint density at radius 2 is 1.75 bits per heavy atom. The van der Waals surface area contributed by atoms with Crippen molar-refractivity contribution in [3.63, 3.8) is 0 Å². The van der Waals surface area contributed by atoms with Crippen LogP contribution >= 0.6 is 11.6 Å². The van der Waals surface area contributed by atoms with Gasteiger partial charge in [0, 0.05) is 33.0 Å². The van der Waals surface area contributed by atoms with Crippen molar-refractivity contribution in [2.24, 2.45) is 0 Å². The van der Waals surface area contributed by atoms with Gasteiger partial charge in [-0.3, -0.25) is 14.9 Å². The van der Waals surface area contributed by atoms with E-state index < -0.39 is 0 Å². The lowest BCUT2D eigenvalue weighted by atomic mass is 9.95. The second-order valence-electron chi connectivity index (χ2n) is 7.59. The van der Waals surface area contributed by atoms with Gasteiger partial charge in [0.15, 0.2) is 0 Å². The molecule has 0 aromatic heterocycles. The van der Waals surface area contributed by atoms with Crippen molar-refractivity contribution in [1.82, 2.24) is 15.1 Å². The van der Waals surface area contributed by atoms with Crippen LogP contribution in [-0.2, 0) is 11.2 Å². The van der Waals surface area contributed by atoms with Gasteiger partial charge in [-0.15, -0.1) is 0 Å². The van der Waals surface area contributed by atoms with Gasteiger partial charge in [0.05, 0.1) is 22.3 Å². The molecule has 5 nitrogen and oxygen atoms in total. The average Bonchev–Trinajstić information content (AvgIpc) is 2.94. The minimum Gasteiger partial charge on any atom is -0.338 e. The SMILES string of the molecule is CN1C(=O)C(Cc2ccccc2)NC12CCN(C(=O)c1ccccc1Cl)CC2. The number of nitrogens with zero attached hydrogens (tertiary/aromatic N) is 2. The fourth-order valence-electron chi connectivity index (χ4n) is 4.28. The molecular weight excluding hydrogens is 374 g/mol. The molecule has 2 heterocycles. The highest BCUT2D eigenvalue weighted by Gasteiger charge is 2.50. The summed E-state index contributed by atoms with van der Waals surface area (Å²) in [6, 6.07) is 17.0. The Hall–Kier alpha value is -2.37. The van der Waals surface area contributed by atoms with Gasteiger partial charge in [0.2, 0.25) is 5.91 Å². The molecule has 1 spiro atoms. The molecule has 2 amide bonds. The first kappa shape index (κ1) is 19.0. The molecule has 2 aliphatic rings. The van der Waals surface area contributed by atoms with Crippen molar-refractivity contribution in [3.8, 4) is 0 Å². The van der Waals surface area contributed by atoms with Crippen molar-refractivity contribution < 1.29 is 9.59 Å². The van der Waals surface area contributed by atoms with E-state index in [0.717, 1.165) is 5.56 Å². The summed E-state index contributed by atoms with van der Waals surface area (Å²) in [5, 5.41) is 4.05. The number of likely N-dealkylation sites (N-methyl/N-ethyl adjacent to an activating group) is 1. The van der Waals surface area contributed by atoms with Crippen molar-refractivity contribution in [3.05, 3.63) is 70.7 Å². The number of benzene rings is 2. The Labute approximate surface area is 170 Å². The second-order valence-corrected chi connectivity index (χ2v) is 7.99. The second kappa shape index (κ2) is 7.57. The van der Waals surface area contributed by atoms with Crippen molar-refractivity contribution in [2.75, 3.05) is 20.1 Å². The standard InChI is InChI=1S/C22H24ClN3O2/c1-25-21(28)19(15-16-7-3-2-4-8-16)24-22(25)11-13-26(14-12-22)20(27)17-9-5-6-10-18(17)23/h2-10,19,24H,11-15H2,1H3. The minimum atomic E-state index is -0.381. The van der Waals surface area contributed by atoms with Gasteiger partial charge >= 0.3 is 0 Å². The summed E-state index contributed by atoms with van der Waals surface area (Å²) in [6.45, 7) is 1.18. The van der Waals surface area contributed by atoms with E-state index in [2.05, 4.69) is 5.32 Å². The van der Waals surface area contributed by atoms with Crippen LogP contribution in [-0.4, -0.2) is 53.5 Å². The Morgan fingerprint density at radius 3 is 2.43 bits per heavy atom. The van der Waals surface area contributed by atoms with Gasteiger partial charge in [-0.1, -0.05) is 54.1 Å². The number of hydrogen-bond acceptors (Lipinski definition) is 3. The lowest BCUT2D eigenvalue weighted by Crippen LogP contribution is -2.58. The molecule has 4 rings (SSSR count). The molecule has 146 valence electrons. The van der Waals surface area contributed by atoms with Crippen LogP contribution in [0.2, 0.25) is 5.02 Å². The highest BCUT2D eigenvalue weighted by molar-refractivity contribution is 6.33. The van der Waals surface area contributed by atoms with E-state index in [1.54, 1.807) is 12.1 Å². The molecule has 28 heavy (non-hydrogen) atoms. The molecule has 2 aromatic carbocycles. The summed E-state index contributed by atoms with van der Waals surface area (Å²) in [7, 11) is 1.87. The summed E-state index contributed by atoms with van der Waals surface area (Å²) in [6.07, 6.45) is 2.08. The maximum absolute atomic E-state index is 12.8. The monoisotopic (exact) mass is 397 g/mol. The molecule has 1 unspecified atom stereocenters. The number of carbonyl (C=O) groups is 2. The van der Waals surface area contributed by atoms with Crippen LogP contribution in [0.1, 0.15) is 28.8 Å². The molecule has 0 radical (unpaired) electrons. The van der Waals surface area contributed by atoms with Crippen LogP contribution in [0, 0.1) is 0 Å². The zero-order valence-electron chi connectivity index (χ0n) is 15.9. The van der Waals surface area contributed by atoms with E-state index in [1.807, 2.05) is 59.3 Å². The van der Waals surface area contributed by atoms with Crippen LogP contribution in [0.4, 0.5) is 0 Å². The van der Waals surface area contributed by atoms with Gasteiger partial charge < -0.3 is 9.80 Å². The van der Waals surface area contributed by atoms with Gasteiger partial charge in [-0.25, -0.2) is 0 Å². The number of nitrogens with one attached hydrogen (secondary N) is 1. The third-order valence-corrected chi connectivity index (χ3v) is 6.31. The summed E-state index contributed by atoms with van der Waals surface area (Å²) in [5.74, 6) is 0.0722. The minimum absolute atomic E-state index is 0.0479. The van der Waals surface area contributed by atoms with Crippen molar-refractivity contribution >= 4 is 23.4 Å². The molecule has 2 fully saturated rings. The first-order valence-electron chi connectivity index (χ1n) is 9.63. The highest BCUT2D eigenvalue weighted by Crippen LogP contribution is 2.33. The zero-order chi connectivity index (χ0) is 19.7. The third-order valence-electron chi connectivity index (χ3n) is 5.98. The van der Waals surface area contributed by atoms with E-state index in [4.69, 9.17) is 11.6 Å². The topological polar surface area (TPSA) is 52.7 Å². The molecule has 1 N–H and O–H groups in total. The molecule has 2 aromatic rings. The van der Waals surface area contributed by atoms with Crippen LogP contribution in [0.25, 0.3) is 0 Å². The number of likely N-dealkylation sites (tertiary alicyclic amines) is 1. The smallest absolute Gasteiger partial charge is 0.255 e. The lowest BCUT2D eigenvalue weighted by Gasteiger charge is -2.43. The molecular formula is C22H24ClN3O2. The molecule has 0 aliphatic carbocycles. The predicted octanol–water partition coefficient (Wildman–Crippen LogP) is 2.95. The van der Waals surface area contributed by atoms with E-state index in [0.29, 0.717) is 42.9 Å². The molecule has 1 atom stereocenters. The van der Waals surface area contributed by atoms with Crippen LogP contribution in [0.3, 0.4) is 0 Å². The normalized spacial score (nSPS) is 21.4. The Morgan fingerprint density at radius 1 is 1.11 bits per heavy atom. The Balaban J connectivity index is 1.44. The summed E-state index contributed by atoms with van der Waals surface area (Å²) in [5.41, 5.74) is 1.30. The fraction of sp³-hybridized carbons (Fsp3) is 0.364. The third kappa shape index (κ3) is 3.40. The van der Waals surface area contributed by atoms with Gasteiger partial charge in [-0.2, -0.15) is 0 Å². The van der Waals surface area contributed by atoms with E-state index >= 15 is 0 Å². The van der Waals surface area contributed by atoms with E-state index in [-0.39, 0.29) is 23.5 Å². The number of halogens is 1.